The fourth-order valence-electron chi connectivity index (χ4n) is 6.30. The van der Waals surface area contributed by atoms with Crippen LogP contribution in [0.15, 0.2) is 103 Å². The number of pyridine rings is 1. The van der Waals surface area contributed by atoms with E-state index in [-0.39, 0.29) is 18.2 Å². The predicted molar refractivity (Wildman–Crippen MR) is 165 cm³/mol. The lowest BCUT2D eigenvalue weighted by atomic mass is 9.81. The molecule has 1 fully saturated rings. The summed E-state index contributed by atoms with van der Waals surface area (Å²) in [7, 11) is 1.78. The molecule has 1 aromatic heterocycles. The van der Waals surface area contributed by atoms with Crippen LogP contribution in [0.1, 0.15) is 58.4 Å². The third-order valence-electron chi connectivity index (χ3n) is 8.42. The van der Waals surface area contributed by atoms with Gasteiger partial charge >= 0.3 is 0 Å². The highest BCUT2D eigenvalue weighted by Gasteiger charge is 2.45. The summed E-state index contributed by atoms with van der Waals surface area (Å²) in [4.78, 5) is 18.6. The average Bonchev–Trinajstić information content (AvgIpc) is 3.90. The molecular weight excluding hydrogens is 538 g/mol. The minimum Gasteiger partial charge on any atom is -0.473 e. The van der Waals surface area contributed by atoms with E-state index in [9.17, 15) is 4.79 Å². The van der Waals surface area contributed by atoms with Gasteiger partial charge in [-0.05, 0) is 76.8 Å². The van der Waals surface area contributed by atoms with Gasteiger partial charge in [-0.25, -0.2) is 10.5 Å². The molecule has 4 aromatic rings. The molecule has 1 amide bonds. The molecule has 1 saturated carbocycles. The van der Waals surface area contributed by atoms with Gasteiger partial charge in [0.05, 0.1) is 6.10 Å². The van der Waals surface area contributed by atoms with Gasteiger partial charge in [-0.15, -0.1) is 0 Å². The fraction of sp³-hybridized carbons (Fsp3) is 0.278. The number of nitrogens with one attached hydrogen (secondary N) is 1. The minimum absolute atomic E-state index is 0.0962. The predicted octanol–water partition coefficient (Wildman–Crippen LogP) is 6.44. The number of nitrogens with zero attached hydrogens (tertiary/aromatic N) is 2. The van der Waals surface area contributed by atoms with Gasteiger partial charge in [0.1, 0.15) is 6.61 Å². The number of benzene rings is 3. The van der Waals surface area contributed by atoms with E-state index in [2.05, 4.69) is 70.5 Å². The Balaban J connectivity index is 1.36. The lowest BCUT2D eigenvalue weighted by molar-refractivity contribution is -0.124. The number of hydroxylamine groups is 1. The largest absolute Gasteiger partial charge is 0.473 e. The Morgan fingerprint density at radius 2 is 1.86 bits per heavy atom. The van der Waals surface area contributed by atoms with Crippen LogP contribution >= 0.6 is 0 Å². The van der Waals surface area contributed by atoms with Crippen molar-refractivity contribution in [3.8, 4) is 5.88 Å². The lowest BCUT2D eigenvalue weighted by Crippen LogP contribution is -2.47. The number of aromatic nitrogens is 1. The molecule has 2 aliphatic rings. The van der Waals surface area contributed by atoms with E-state index < -0.39 is 5.91 Å². The zero-order chi connectivity index (χ0) is 29.6. The second kappa shape index (κ2) is 13.3. The van der Waals surface area contributed by atoms with Crippen molar-refractivity contribution >= 4 is 12.0 Å². The average molecular weight is 576 g/mol. The summed E-state index contributed by atoms with van der Waals surface area (Å²) in [5, 5.41) is 8.88. The smallest absolute Gasteiger partial charge is 0.267 e. The number of hydrogen-bond donors (Lipinski definition) is 2. The molecule has 1 aliphatic carbocycles. The third kappa shape index (κ3) is 6.86. The zero-order valence-corrected chi connectivity index (χ0v) is 24.3. The van der Waals surface area contributed by atoms with Crippen LogP contribution in [0.5, 0.6) is 5.88 Å². The first-order valence-corrected chi connectivity index (χ1v) is 14.8. The molecule has 0 saturated heterocycles. The second-order valence-electron chi connectivity index (χ2n) is 11.3. The molecule has 0 spiro atoms. The van der Waals surface area contributed by atoms with E-state index in [0.717, 1.165) is 29.7 Å². The fourth-order valence-corrected chi connectivity index (χ4v) is 6.30. The van der Waals surface area contributed by atoms with Crippen LogP contribution in [0.2, 0.25) is 0 Å². The van der Waals surface area contributed by atoms with Crippen molar-refractivity contribution in [3.63, 3.8) is 0 Å². The third-order valence-corrected chi connectivity index (χ3v) is 8.42. The SMILES string of the molecule is COC(c1cccc(/C=C/C(=O)NO)c1)C1Cc2ccc(COc3ccccn3)cc2C(C2CC2)N1Cc1ccccc1. The van der Waals surface area contributed by atoms with E-state index in [1.165, 1.54) is 35.6 Å². The van der Waals surface area contributed by atoms with Crippen LogP contribution in [-0.4, -0.2) is 34.1 Å². The van der Waals surface area contributed by atoms with Crippen molar-refractivity contribution in [1.29, 1.82) is 0 Å². The highest BCUT2D eigenvalue weighted by molar-refractivity contribution is 5.90. The summed E-state index contributed by atoms with van der Waals surface area (Å²) in [6.45, 7) is 1.29. The lowest BCUT2D eigenvalue weighted by Gasteiger charge is -2.46. The van der Waals surface area contributed by atoms with Crippen LogP contribution in [0.3, 0.4) is 0 Å². The molecule has 3 aromatic carbocycles. The molecule has 3 atom stereocenters. The van der Waals surface area contributed by atoms with E-state index in [4.69, 9.17) is 14.7 Å². The summed E-state index contributed by atoms with van der Waals surface area (Å²) in [6.07, 6.45) is 7.84. The van der Waals surface area contributed by atoms with Gasteiger partial charge in [0.15, 0.2) is 0 Å². The van der Waals surface area contributed by atoms with Gasteiger partial charge in [-0.2, -0.15) is 0 Å². The number of hydrogen-bond acceptors (Lipinski definition) is 6. The van der Waals surface area contributed by atoms with Crippen LogP contribution < -0.4 is 10.2 Å². The van der Waals surface area contributed by atoms with Gasteiger partial charge in [-0.1, -0.05) is 72.8 Å². The van der Waals surface area contributed by atoms with Crippen LogP contribution in [0.4, 0.5) is 0 Å². The number of fused-ring (bicyclic) bond motifs is 1. The second-order valence-corrected chi connectivity index (χ2v) is 11.3. The molecule has 0 bridgehead atoms. The first-order chi connectivity index (χ1) is 21.1. The van der Waals surface area contributed by atoms with E-state index in [1.54, 1.807) is 24.9 Å². The number of carbonyl (C=O) groups excluding carboxylic acids is 1. The Hall–Kier alpha value is -4.30. The summed E-state index contributed by atoms with van der Waals surface area (Å²) in [6, 6.07) is 31.6. The quantitative estimate of drug-likeness (QED) is 0.122. The number of ether oxygens (including phenoxy) is 2. The molecule has 7 nitrogen and oxygen atoms in total. The van der Waals surface area contributed by atoms with Crippen molar-refractivity contribution < 1.29 is 19.5 Å². The van der Waals surface area contributed by atoms with E-state index in [0.29, 0.717) is 18.4 Å². The maximum Gasteiger partial charge on any atom is 0.267 e. The Bertz CT molecular complexity index is 1560. The maximum atomic E-state index is 11.6. The molecule has 2 N–H and O–H groups in total. The van der Waals surface area contributed by atoms with Crippen molar-refractivity contribution in [2.45, 2.75) is 50.6 Å². The Labute approximate surface area is 252 Å². The Kier molecular flexibility index (Phi) is 8.93. The number of amides is 1. The van der Waals surface area contributed by atoms with Crippen molar-refractivity contribution in [1.82, 2.24) is 15.4 Å². The summed E-state index contributed by atoms with van der Waals surface area (Å²) >= 11 is 0. The first-order valence-electron chi connectivity index (χ1n) is 14.8. The van der Waals surface area contributed by atoms with Crippen molar-refractivity contribution in [2.75, 3.05) is 7.11 Å². The minimum atomic E-state index is -0.566. The maximum absolute atomic E-state index is 11.6. The normalized spacial score (nSPS) is 19.1. The highest BCUT2D eigenvalue weighted by atomic mass is 16.5. The molecule has 0 radical (unpaired) electrons. The van der Waals surface area contributed by atoms with Crippen LogP contribution in [-0.2, 0) is 29.1 Å². The Morgan fingerprint density at radius 1 is 1.02 bits per heavy atom. The van der Waals surface area contributed by atoms with Gasteiger partial charge in [-0.3, -0.25) is 14.9 Å². The molecular formula is C36H37N3O4. The van der Waals surface area contributed by atoms with Crippen LogP contribution in [0.25, 0.3) is 6.08 Å². The summed E-state index contributed by atoms with van der Waals surface area (Å²) in [5.74, 6) is 0.645. The standard InChI is InChI=1S/C36H37N3O4/c1-42-36(30-11-7-10-25(20-30)14-18-33(40)38-41)32-22-29-15-13-27(24-43-34-12-5-6-19-37-34)21-31(29)35(28-16-17-28)39(32)23-26-8-3-2-4-9-26/h2-15,18-21,28,32,35-36,41H,16-17,22-24H2,1H3,(H,38,40)/b18-14+. The number of methoxy groups -OCH3 is 1. The van der Waals surface area contributed by atoms with Crippen LogP contribution in [0, 0.1) is 5.92 Å². The van der Waals surface area contributed by atoms with Crippen molar-refractivity contribution in [2.24, 2.45) is 5.92 Å². The summed E-state index contributed by atoms with van der Waals surface area (Å²) in [5.41, 5.74) is 8.72. The van der Waals surface area contributed by atoms with E-state index in [1.807, 2.05) is 30.3 Å². The van der Waals surface area contributed by atoms with E-state index >= 15 is 0 Å². The molecule has 3 unspecified atom stereocenters. The first kappa shape index (κ1) is 28.8. The van der Waals surface area contributed by atoms with Crippen molar-refractivity contribution in [3.05, 3.63) is 137 Å². The summed E-state index contributed by atoms with van der Waals surface area (Å²) < 4.78 is 12.3. The Morgan fingerprint density at radius 3 is 2.60 bits per heavy atom. The molecule has 2 heterocycles. The van der Waals surface area contributed by atoms with Gasteiger partial charge in [0, 0.05) is 44.1 Å². The molecule has 1 aliphatic heterocycles. The van der Waals surface area contributed by atoms with Gasteiger partial charge in [0.2, 0.25) is 5.88 Å². The monoisotopic (exact) mass is 575 g/mol. The number of carbonyl (C=O) groups is 1. The topological polar surface area (TPSA) is 83.9 Å². The molecule has 220 valence electrons. The number of rotatable bonds is 11. The van der Waals surface area contributed by atoms with Gasteiger partial charge in [0.25, 0.3) is 5.91 Å². The molecule has 43 heavy (non-hydrogen) atoms. The van der Waals surface area contributed by atoms with Gasteiger partial charge < -0.3 is 9.47 Å². The molecule has 7 heteroatoms. The highest BCUT2D eigenvalue weighted by Crippen LogP contribution is 2.51. The molecule has 6 rings (SSSR count). The zero-order valence-electron chi connectivity index (χ0n) is 24.3.